The van der Waals surface area contributed by atoms with Crippen LogP contribution in [0.4, 0.5) is 0 Å². The van der Waals surface area contributed by atoms with E-state index in [2.05, 4.69) is 73.4 Å². The zero-order valence-corrected chi connectivity index (χ0v) is 19.4. The Balaban J connectivity index is 0.00000280. The molecule has 152 valence electrons. The van der Waals surface area contributed by atoms with Crippen molar-refractivity contribution >= 4 is 11.0 Å². The first kappa shape index (κ1) is 22.7. The zero-order chi connectivity index (χ0) is 19.4. The third-order valence-corrected chi connectivity index (χ3v) is 5.06. The molecule has 1 unspecified atom stereocenters. The van der Waals surface area contributed by atoms with Gasteiger partial charge in [0.25, 0.3) is 5.82 Å². The quantitative estimate of drug-likeness (QED) is 0.371. The average molecular weight is 494 g/mol. The van der Waals surface area contributed by atoms with Crippen LogP contribution < -0.4 is 33.3 Å². The van der Waals surface area contributed by atoms with Gasteiger partial charge in [-0.15, -0.1) is 0 Å². The zero-order valence-electron chi connectivity index (χ0n) is 17.3. The van der Waals surface area contributed by atoms with Gasteiger partial charge in [-0.1, -0.05) is 32.0 Å². The van der Waals surface area contributed by atoms with Gasteiger partial charge in [0, 0.05) is 6.42 Å². The Morgan fingerprint density at radius 2 is 1.89 bits per heavy atom. The van der Waals surface area contributed by atoms with E-state index in [1.807, 2.05) is 6.07 Å². The maximum Gasteiger partial charge on any atom is 0.257 e. The standard InChI is InChI=1S/C23H31N2O2.HI/c1-5-9-23-24(4)21-10-7-8-11-22(21)25(23)15-19(26)16-27-20-13-17(3)12-18(6-2)14-20;/h7-8,10-14,19,26H,5-6,9,15-16H2,1-4H3;1H/q+1;/p-1. The summed E-state index contributed by atoms with van der Waals surface area (Å²) in [5.74, 6) is 2.07. The number of hydrogen-bond acceptors (Lipinski definition) is 2. The van der Waals surface area contributed by atoms with Gasteiger partial charge in [-0.3, -0.25) is 0 Å². The highest BCUT2D eigenvalue weighted by atomic mass is 127. The molecule has 0 radical (unpaired) electrons. The number of hydrogen-bond donors (Lipinski definition) is 1. The topological polar surface area (TPSA) is 38.3 Å². The molecule has 3 rings (SSSR count). The first-order chi connectivity index (χ1) is 13.0. The van der Waals surface area contributed by atoms with Crippen LogP contribution >= 0.6 is 0 Å². The summed E-state index contributed by atoms with van der Waals surface area (Å²) in [6.45, 7) is 7.22. The minimum absolute atomic E-state index is 0. The molecule has 5 heteroatoms. The van der Waals surface area contributed by atoms with E-state index >= 15 is 0 Å². The van der Waals surface area contributed by atoms with Crippen molar-refractivity contribution in [1.82, 2.24) is 4.57 Å². The van der Waals surface area contributed by atoms with Crippen LogP contribution in [0.2, 0.25) is 0 Å². The van der Waals surface area contributed by atoms with E-state index in [-0.39, 0.29) is 30.6 Å². The molecule has 1 N–H and O–H groups in total. The maximum absolute atomic E-state index is 10.7. The summed E-state index contributed by atoms with van der Waals surface area (Å²) in [7, 11) is 2.10. The maximum atomic E-state index is 10.7. The molecule has 3 aromatic rings. The molecule has 1 heterocycles. The van der Waals surface area contributed by atoms with Crippen molar-refractivity contribution in [3.05, 3.63) is 59.4 Å². The lowest BCUT2D eigenvalue weighted by Gasteiger charge is -2.13. The van der Waals surface area contributed by atoms with Gasteiger partial charge in [-0.2, -0.15) is 0 Å². The van der Waals surface area contributed by atoms with Gasteiger partial charge in [0.2, 0.25) is 0 Å². The second-order valence-electron chi connectivity index (χ2n) is 7.30. The van der Waals surface area contributed by atoms with Gasteiger partial charge < -0.3 is 33.8 Å². The average Bonchev–Trinajstić information content (AvgIpc) is 2.92. The number of imidazole rings is 1. The molecule has 28 heavy (non-hydrogen) atoms. The molecule has 0 saturated carbocycles. The summed E-state index contributed by atoms with van der Waals surface area (Å²) in [5, 5.41) is 10.7. The number of benzene rings is 2. The summed E-state index contributed by atoms with van der Waals surface area (Å²) < 4.78 is 10.4. The lowest BCUT2D eigenvalue weighted by atomic mass is 10.1. The molecule has 0 aliphatic carbocycles. The third-order valence-electron chi connectivity index (χ3n) is 5.06. The van der Waals surface area contributed by atoms with E-state index in [0.29, 0.717) is 6.54 Å². The molecule has 0 saturated heterocycles. The number of aryl methyl sites for hydroxylation is 3. The van der Waals surface area contributed by atoms with Gasteiger partial charge >= 0.3 is 0 Å². The van der Waals surface area contributed by atoms with Crippen LogP contribution in [0.25, 0.3) is 11.0 Å². The smallest absolute Gasteiger partial charge is 0.257 e. The largest absolute Gasteiger partial charge is 1.00 e. The van der Waals surface area contributed by atoms with Crippen LogP contribution in [-0.4, -0.2) is 22.4 Å². The van der Waals surface area contributed by atoms with E-state index in [1.165, 1.54) is 22.5 Å². The van der Waals surface area contributed by atoms with E-state index in [9.17, 15) is 5.11 Å². The molecule has 0 amide bonds. The Bertz CT molecular complexity index is 920. The second-order valence-corrected chi connectivity index (χ2v) is 7.30. The first-order valence-electron chi connectivity index (χ1n) is 9.91. The number of fused-ring (bicyclic) bond motifs is 1. The Morgan fingerprint density at radius 3 is 2.61 bits per heavy atom. The van der Waals surface area contributed by atoms with E-state index in [0.717, 1.165) is 30.5 Å². The number of aromatic nitrogens is 2. The molecule has 0 bridgehead atoms. The molecular weight excluding hydrogens is 463 g/mol. The Morgan fingerprint density at radius 1 is 1.14 bits per heavy atom. The molecule has 4 nitrogen and oxygen atoms in total. The van der Waals surface area contributed by atoms with Crippen molar-refractivity contribution in [1.29, 1.82) is 0 Å². The molecular formula is C23H31IN2O2. The normalized spacial score (nSPS) is 12.0. The number of rotatable bonds is 8. The van der Waals surface area contributed by atoms with Crippen molar-refractivity contribution < 1.29 is 38.4 Å². The highest BCUT2D eigenvalue weighted by molar-refractivity contribution is 5.72. The fourth-order valence-corrected chi connectivity index (χ4v) is 3.73. The molecule has 2 aromatic carbocycles. The minimum Gasteiger partial charge on any atom is -1.00 e. The number of nitrogens with zero attached hydrogens (tertiary/aromatic N) is 2. The molecule has 0 aliphatic heterocycles. The van der Waals surface area contributed by atoms with Crippen LogP contribution in [0.1, 0.15) is 37.2 Å². The van der Waals surface area contributed by atoms with Gasteiger partial charge in [-0.05, 0) is 55.2 Å². The number of halogens is 1. The number of ether oxygens (including phenoxy) is 1. The van der Waals surface area contributed by atoms with Gasteiger partial charge in [0.1, 0.15) is 25.0 Å². The fraction of sp³-hybridized carbons (Fsp3) is 0.435. The summed E-state index contributed by atoms with van der Waals surface area (Å²) in [5.41, 5.74) is 4.80. The fourth-order valence-electron chi connectivity index (χ4n) is 3.73. The third kappa shape index (κ3) is 5.06. The number of para-hydroxylation sites is 2. The van der Waals surface area contributed by atoms with E-state index < -0.39 is 6.10 Å². The summed E-state index contributed by atoms with van der Waals surface area (Å²) in [4.78, 5) is 0. The molecule has 1 atom stereocenters. The highest BCUT2D eigenvalue weighted by Crippen LogP contribution is 2.19. The Labute approximate surface area is 185 Å². The molecule has 0 fully saturated rings. The predicted molar refractivity (Wildman–Crippen MR) is 109 cm³/mol. The van der Waals surface area contributed by atoms with Gasteiger partial charge in [-0.25, -0.2) is 9.13 Å². The predicted octanol–water partition coefficient (Wildman–Crippen LogP) is 0.733. The van der Waals surface area contributed by atoms with Gasteiger partial charge in [0.15, 0.2) is 11.0 Å². The van der Waals surface area contributed by atoms with Crippen molar-refractivity contribution in [2.24, 2.45) is 7.05 Å². The van der Waals surface area contributed by atoms with Gasteiger partial charge in [0.05, 0.1) is 7.05 Å². The second kappa shape index (κ2) is 10.3. The Kier molecular flexibility index (Phi) is 8.31. The summed E-state index contributed by atoms with van der Waals surface area (Å²) >= 11 is 0. The summed E-state index contributed by atoms with van der Waals surface area (Å²) in [6.07, 6.45) is 2.46. The SMILES string of the molecule is CCCc1n(CC(O)COc2cc(C)cc(CC)c2)c2ccccc2[n+]1C.[I-]. The number of aliphatic hydroxyl groups excluding tert-OH is 1. The van der Waals surface area contributed by atoms with Crippen LogP contribution in [0.15, 0.2) is 42.5 Å². The molecule has 0 aliphatic rings. The number of aliphatic hydroxyl groups is 1. The molecule has 0 spiro atoms. The Hall–Kier alpha value is -1.60. The lowest BCUT2D eigenvalue weighted by molar-refractivity contribution is -0.654. The monoisotopic (exact) mass is 494 g/mol. The van der Waals surface area contributed by atoms with Crippen molar-refractivity contribution in [3.8, 4) is 5.75 Å². The van der Waals surface area contributed by atoms with Crippen LogP contribution in [-0.2, 0) is 26.4 Å². The molecule has 1 aromatic heterocycles. The van der Waals surface area contributed by atoms with Crippen molar-refractivity contribution in [2.45, 2.75) is 52.7 Å². The van der Waals surface area contributed by atoms with E-state index in [1.54, 1.807) is 0 Å². The van der Waals surface area contributed by atoms with Crippen LogP contribution in [0.5, 0.6) is 5.75 Å². The van der Waals surface area contributed by atoms with E-state index in [4.69, 9.17) is 4.74 Å². The minimum atomic E-state index is -0.568. The van der Waals surface area contributed by atoms with Crippen molar-refractivity contribution in [2.75, 3.05) is 6.61 Å². The van der Waals surface area contributed by atoms with Crippen LogP contribution in [0.3, 0.4) is 0 Å². The first-order valence-corrected chi connectivity index (χ1v) is 9.91. The van der Waals surface area contributed by atoms with Crippen molar-refractivity contribution in [3.63, 3.8) is 0 Å². The highest BCUT2D eigenvalue weighted by Gasteiger charge is 2.23. The van der Waals surface area contributed by atoms with Crippen LogP contribution in [0, 0.1) is 6.92 Å². The lowest BCUT2D eigenvalue weighted by Crippen LogP contribution is -3.00. The summed E-state index contributed by atoms with van der Waals surface area (Å²) in [6, 6.07) is 14.6.